The van der Waals surface area contributed by atoms with Crippen molar-refractivity contribution in [3.63, 3.8) is 0 Å². The number of anilines is 3. The van der Waals surface area contributed by atoms with Crippen LogP contribution in [0.4, 0.5) is 28.4 Å². The van der Waals surface area contributed by atoms with Crippen molar-refractivity contribution >= 4 is 69.3 Å². The normalized spacial score (nSPS) is 15.2. The molecule has 5 rings (SSSR count). The first-order chi connectivity index (χ1) is 18.5. The summed E-state index contributed by atoms with van der Waals surface area (Å²) in [5.74, 6) is -0.448. The number of para-hydroxylation sites is 1. The Hall–Kier alpha value is -4.34. The summed E-state index contributed by atoms with van der Waals surface area (Å²) in [5.41, 5.74) is 3.63. The number of imide groups is 1. The van der Waals surface area contributed by atoms with Gasteiger partial charge >= 0.3 is 0 Å². The molecular formula is C29H23N5O2S2. The van der Waals surface area contributed by atoms with Crippen LogP contribution in [0.15, 0.2) is 124 Å². The molecule has 0 aromatic heterocycles. The van der Waals surface area contributed by atoms with Crippen molar-refractivity contribution in [3.05, 3.63) is 109 Å². The van der Waals surface area contributed by atoms with E-state index in [9.17, 15) is 9.59 Å². The number of benzene rings is 4. The Labute approximate surface area is 230 Å². The highest BCUT2D eigenvalue weighted by Gasteiger charge is 2.40. The van der Waals surface area contributed by atoms with Crippen molar-refractivity contribution < 1.29 is 9.59 Å². The van der Waals surface area contributed by atoms with Gasteiger partial charge in [0.25, 0.3) is 0 Å². The van der Waals surface area contributed by atoms with E-state index < -0.39 is 5.25 Å². The van der Waals surface area contributed by atoms with Crippen molar-refractivity contribution in [2.24, 2.45) is 10.2 Å². The van der Waals surface area contributed by atoms with E-state index in [0.29, 0.717) is 16.5 Å². The molecule has 1 fully saturated rings. The number of thiocarbonyl (C=S) groups is 1. The Kier molecular flexibility index (Phi) is 7.86. The van der Waals surface area contributed by atoms with Crippen LogP contribution in [0.1, 0.15) is 6.42 Å². The van der Waals surface area contributed by atoms with E-state index in [4.69, 9.17) is 12.2 Å². The molecule has 0 bridgehead atoms. The Morgan fingerprint density at radius 3 is 1.92 bits per heavy atom. The van der Waals surface area contributed by atoms with Crippen molar-refractivity contribution in [1.29, 1.82) is 0 Å². The number of carbonyl (C=O) groups excluding carboxylic acids is 2. The van der Waals surface area contributed by atoms with Gasteiger partial charge < -0.3 is 10.6 Å². The van der Waals surface area contributed by atoms with Crippen LogP contribution in [0, 0.1) is 0 Å². The number of nitrogens with one attached hydrogen (secondary N) is 2. The highest BCUT2D eigenvalue weighted by atomic mass is 32.2. The van der Waals surface area contributed by atoms with Crippen LogP contribution in [-0.4, -0.2) is 22.2 Å². The number of thioether (sulfide) groups is 1. The molecule has 1 saturated heterocycles. The van der Waals surface area contributed by atoms with Crippen LogP contribution in [-0.2, 0) is 9.59 Å². The lowest BCUT2D eigenvalue weighted by molar-refractivity contribution is -0.121. The third-order valence-electron chi connectivity index (χ3n) is 5.67. The van der Waals surface area contributed by atoms with Crippen LogP contribution in [0.5, 0.6) is 0 Å². The minimum atomic E-state index is -0.487. The second kappa shape index (κ2) is 11.8. The first-order valence-corrected chi connectivity index (χ1v) is 13.2. The minimum Gasteiger partial charge on any atom is -0.332 e. The molecule has 2 amide bonds. The molecule has 7 nitrogen and oxygen atoms in total. The molecule has 1 aliphatic heterocycles. The van der Waals surface area contributed by atoms with Gasteiger partial charge in [0, 0.05) is 22.7 Å². The predicted octanol–water partition coefficient (Wildman–Crippen LogP) is 7.34. The molecular weight excluding hydrogens is 514 g/mol. The quantitative estimate of drug-likeness (QED) is 0.146. The Bertz CT molecular complexity index is 1460. The van der Waals surface area contributed by atoms with Crippen molar-refractivity contribution in [1.82, 2.24) is 0 Å². The molecule has 1 atom stereocenters. The monoisotopic (exact) mass is 537 g/mol. The number of amides is 2. The highest BCUT2D eigenvalue weighted by molar-refractivity contribution is 8.00. The van der Waals surface area contributed by atoms with Gasteiger partial charge in [-0.15, -0.1) is 11.8 Å². The van der Waals surface area contributed by atoms with Crippen molar-refractivity contribution in [2.75, 3.05) is 15.5 Å². The van der Waals surface area contributed by atoms with Gasteiger partial charge in [0.15, 0.2) is 5.11 Å². The molecule has 188 valence electrons. The lowest BCUT2D eigenvalue weighted by Crippen LogP contribution is -2.30. The summed E-state index contributed by atoms with van der Waals surface area (Å²) in [6.07, 6.45) is 0.143. The molecule has 1 aliphatic rings. The van der Waals surface area contributed by atoms with E-state index in [2.05, 4.69) is 20.9 Å². The maximum atomic E-state index is 13.1. The van der Waals surface area contributed by atoms with Gasteiger partial charge in [0.05, 0.1) is 22.3 Å². The van der Waals surface area contributed by atoms with Gasteiger partial charge in [0.2, 0.25) is 11.8 Å². The number of hydrogen-bond acceptors (Lipinski definition) is 6. The number of rotatable bonds is 7. The minimum absolute atomic E-state index is 0.143. The van der Waals surface area contributed by atoms with Gasteiger partial charge in [-0.3, -0.25) is 9.59 Å². The van der Waals surface area contributed by atoms with E-state index in [-0.39, 0.29) is 18.2 Å². The van der Waals surface area contributed by atoms with Crippen LogP contribution in [0.25, 0.3) is 0 Å². The van der Waals surface area contributed by atoms with Crippen molar-refractivity contribution in [2.45, 2.75) is 16.6 Å². The standard InChI is InChI=1S/C29H23N5O2S2/c35-27-19-26(38-25-17-13-21(14-18-25)31-29(37)30-20-7-3-1-4-8-20)28(36)34(27)24-15-11-23(12-16-24)33-32-22-9-5-2-6-10-22/h1-18,26H,19H2,(H2,30,31,37)/t26-/m0/s1. The number of nitrogens with zero attached hydrogens (tertiary/aromatic N) is 3. The first kappa shape index (κ1) is 25.3. The fraction of sp³-hybridized carbons (Fsp3) is 0.0690. The zero-order chi connectivity index (χ0) is 26.3. The molecule has 0 radical (unpaired) electrons. The fourth-order valence-corrected chi connectivity index (χ4v) is 5.13. The topological polar surface area (TPSA) is 86.2 Å². The van der Waals surface area contributed by atoms with E-state index >= 15 is 0 Å². The predicted molar refractivity (Wildman–Crippen MR) is 157 cm³/mol. The zero-order valence-electron chi connectivity index (χ0n) is 20.2. The third-order valence-corrected chi connectivity index (χ3v) is 7.07. The van der Waals surface area contributed by atoms with Crippen LogP contribution >= 0.6 is 24.0 Å². The summed E-state index contributed by atoms with van der Waals surface area (Å²) in [7, 11) is 0. The van der Waals surface area contributed by atoms with Crippen LogP contribution in [0.3, 0.4) is 0 Å². The summed E-state index contributed by atoms with van der Waals surface area (Å²) in [5, 5.41) is 14.7. The van der Waals surface area contributed by atoms with Gasteiger partial charge in [-0.1, -0.05) is 36.4 Å². The largest absolute Gasteiger partial charge is 0.332 e. The van der Waals surface area contributed by atoms with E-state index in [1.807, 2.05) is 84.9 Å². The Balaban J connectivity index is 1.18. The summed E-state index contributed by atoms with van der Waals surface area (Å²) in [6.45, 7) is 0. The molecule has 2 N–H and O–H groups in total. The summed E-state index contributed by atoms with van der Waals surface area (Å²) in [6, 6.07) is 33.6. The summed E-state index contributed by atoms with van der Waals surface area (Å²) in [4.78, 5) is 28.0. The van der Waals surface area contributed by atoms with Gasteiger partial charge in [0.1, 0.15) is 0 Å². The maximum Gasteiger partial charge on any atom is 0.247 e. The lowest BCUT2D eigenvalue weighted by Gasteiger charge is -2.15. The fourth-order valence-electron chi connectivity index (χ4n) is 3.84. The molecule has 4 aromatic carbocycles. The molecule has 1 heterocycles. The second-order valence-corrected chi connectivity index (χ2v) is 10.1. The number of azo groups is 1. The maximum absolute atomic E-state index is 13.1. The van der Waals surface area contributed by atoms with E-state index in [1.165, 1.54) is 16.7 Å². The number of hydrogen-bond donors (Lipinski definition) is 2. The van der Waals surface area contributed by atoms with Crippen molar-refractivity contribution in [3.8, 4) is 0 Å². The van der Waals surface area contributed by atoms with E-state index in [1.54, 1.807) is 24.3 Å². The van der Waals surface area contributed by atoms with Gasteiger partial charge in [-0.05, 0) is 85.0 Å². The smallest absolute Gasteiger partial charge is 0.247 e. The Morgan fingerprint density at radius 1 is 0.737 bits per heavy atom. The Morgan fingerprint density at radius 2 is 1.29 bits per heavy atom. The molecule has 9 heteroatoms. The van der Waals surface area contributed by atoms with Gasteiger partial charge in [-0.25, -0.2) is 4.90 Å². The van der Waals surface area contributed by atoms with E-state index in [0.717, 1.165) is 22.0 Å². The van der Waals surface area contributed by atoms with Crippen LogP contribution in [0.2, 0.25) is 0 Å². The lowest BCUT2D eigenvalue weighted by atomic mass is 10.2. The average Bonchev–Trinajstić information content (AvgIpc) is 3.22. The average molecular weight is 538 g/mol. The number of carbonyl (C=O) groups is 2. The SMILES string of the molecule is O=C1C[C@H](Sc2ccc(NC(=S)Nc3ccccc3)cc2)C(=O)N1c1ccc(N=Nc2ccccc2)cc1. The molecule has 0 saturated carbocycles. The molecule has 0 spiro atoms. The third kappa shape index (κ3) is 6.31. The highest BCUT2D eigenvalue weighted by Crippen LogP contribution is 2.35. The summed E-state index contributed by atoms with van der Waals surface area (Å²) < 4.78 is 0. The van der Waals surface area contributed by atoms with Gasteiger partial charge in [-0.2, -0.15) is 10.2 Å². The molecule has 0 aliphatic carbocycles. The zero-order valence-corrected chi connectivity index (χ0v) is 21.8. The van der Waals surface area contributed by atoms with Crippen LogP contribution < -0.4 is 15.5 Å². The second-order valence-electron chi connectivity index (χ2n) is 8.40. The molecule has 4 aromatic rings. The molecule has 38 heavy (non-hydrogen) atoms. The molecule has 0 unspecified atom stereocenters. The first-order valence-electron chi connectivity index (χ1n) is 11.9. The summed E-state index contributed by atoms with van der Waals surface area (Å²) >= 11 is 6.75.